The molecule has 1 aliphatic carbocycles. The highest BCUT2D eigenvalue weighted by Crippen LogP contribution is 2.41. The fourth-order valence-electron chi connectivity index (χ4n) is 9.06. The highest BCUT2D eigenvalue weighted by Gasteiger charge is 2.33. The molecule has 2 aromatic heterocycles. The van der Waals surface area contributed by atoms with E-state index in [0.717, 1.165) is 24.4 Å². The molecule has 0 bridgehead atoms. The van der Waals surface area contributed by atoms with Crippen molar-refractivity contribution in [2.45, 2.75) is 45.2 Å². The molecular weight excluding hydrogens is 685 g/mol. The van der Waals surface area contributed by atoms with Crippen molar-refractivity contribution >= 4 is 60.2 Å². The summed E-state index contributed by atoms with van der Waals surface area (Å²) in [5, 5.41) is 23.2. The number of para-hydroxylation sites is 3. The van der Waals surface area contributed by atoms with Gasteiger partial charge in [0.2, 0.25) is 0 Å². The Hall–Kier alpha value is -6.18. The number of benzene rings is 6. The second-order valence-electron chi connectivity index (χ2n) is 14.6. The van der Waals surface area contributed by atoms with Crippen LogP contribution in [-0.2, 0) is 0 Å². The molecule has 6 heteroatoms. The molecule has 3 atom stereocenters. The highest BCUT2D eigenvalue weighted by atomic mass is 15.4. The normalized spacial score (nSPS) is 19.8. The maximum Gasteiger partial charge on any atom is 0.111 e. The molecule has 11 rings (SSSR count). The van der Waals surface area contributed by atoms with Gasteiger partial charge in [-0.3, -0.25) is 20.5 Å². The van der Waals surface area contributed by atoms with Gasteiger partial charge in [-0.15, -0.1) is 0 Å². The summed E-state index contributed by atoms with van der Waals surface area (Å²) >= 11 is 0. The quantitative estimate of drug-likeness (QED) is 0.142. The van der Waals surface area contributed by atoms with Crippen LogP contribution in [0.1, 0.15) is 38.4 Å². The number of allylic oxidation sites excluding steroid dienone is 5. The number of fused-ring (bicyclic) bond motifs is 8. The number of dihydropyridines is 1. The minimum Gasteiger partial charge on any atom is -0.367 e. The summed E-state index contributed by atoms with van der Waals surface area (Å²) in [6.07, 6.45) is 13.4. The monoisotopic (exact) mass is 730 g/mol. The molecule has 1 saturated heterocycles. The van der Waals surface area contributed by atoms with E-state index in [4.69, 9.17) is 0 Å². The van der Waals surface area contributed by atoms with Gasteiger partial charge in [0.15, 0.2) is 0 Å². The first-order valence-corrected chi connectivity index (χ1v) is 20.1. The maximum atomic E-state index is 3.96. The molecule has 0 saturated carbocycles. The van der Waals surface area contributed by atoms with Crippen LogP contribution in [-0.4, -0.2) is 28.0 Å². The Morgan fingerprint density at radius 2 is 1.11 bits per heavy atom. The summed E-state index contributed by atoms with van der Waals surface area (Å²) in [7, 11) is 0. The zero-order valence-corrected chi connectivity index (χ0v) is 31.8. The van der Waals surface area contributed by atoms with Crippen LogP contribution in [0.25, 0.3) is 65.9 Å². The van der Waals surface area contributed by atoms with Crippen LogP contribution in [0.5, 0.6) is 0 Å². The van der Waals surface area contributed by atoms with Crippen LogP contribution in [0, 0.1) is 0 Å². The van der Waals surface area contributed by atoms with Gasteiger partial charge in [0.25, 0.3) is 0 Å². The van der Waals surface area contributed by atoms with Crippen LogP contribution < -0.4 is 21.3 Å². The lowest BCUT2D eigenvalue weighted by Gasteiger charge is -2.42. The number of hydrogen-bond acceptors (Lipinski definition) is 4. The number of hydrogen-bond donors (Lipinski definition) is 4. The van der Waals surface area contributed by atoms with Crippen molar-refractivity contribution in [3.63, 3.8) is 0 Å². The SMILES string of the molecule is C1=CCCC(C2NC(C3=CC=C(n4c5ccccc5c5ccc6c7ccccc7n(-c7ccccc7)c6c54)NC3)NC(c3cccc4ccccc34)N2)=C1.CC. The largest absolute Gasteiger partial charge is 0.367 e. The third-order valence-corrected chi connectivity index (χ3v) is 11.6. The van der Waals surface area contributed by atoms with Crippen molar-refractivity contribution in [3.8, 4) is 5.69 Å². The van der Waals surface area contributed by atoms with Gasteiger partial charge in [-0.1, -0.05) is 147 Å². The molecule has 0 radical (unpaired) electrons. The van der Waals surface area contributed by atoms with Crippen LogP contribution in [0.2, 0.25) is 0 Å². The van der Waals surface area contributed by atoms with E-state index in [1.165, 1.54) is 71.1 Å². The fourth-order valence-corrected chi connectivity index (χ4v) is 9.06. The Kier molecular flexibility index (Phi) is 8.87. The van der Waals surface area contributed by atoms with Gasteiger partial charge in [0, 0.05) is 33.8 Å². The second-order valence-corrected chi connectivity index (χ2v) is 14.6. The van der Waals surface area contributed by atoms with E-state index in [1.807, 2.05) is 13.8 Å². The average molecular weight is 731 g/mol. The summed E-state index contributed by atoms with van der Waals surface area (Å²) in [5.41, 5.74) is 9.89. The molecule has 0 amide bonds. The number of aromatic nitrogens is 2. The Morgan fingerprint density at radius 3 is 1.80 bits per heavy atom. The predicted molar refractivity (Wildman–Crippen MR) is 236 cm³/mol. The third-order valence-electron chi connectivity index (χ3n) is 11.6. The third kappa shape index (κ3) is 5.68. The standard InChI is InChI=1S/C48H40N6.C2H6/c1-3-15-32(16-4-1)46-50-47(52-48(51-46)40-23-13-17-31-14-7-8-20-35(31)40)33-26-29-43(49-30-33)54-42-25-12-10-22-37(42)39-28-27-38-36-21-9-11-24-41(36)53(44(38)45(39)54)34-18-5-2-6-19-34;1-2/h1-3,5-15,17-29,46-52H,4,16,30H2;1-2H3. The molecule has 3 unspecified atom stereocenters. The van der Waals surface area contributed by atoms with E-state index >= 15 is 0 Å². The van der Waals surface area contributed by atoms with E-state index in [1.54, 1.807) is 0 Å². The van der Waals surface area contributed by atoms with Crippen molar-refractivity contribution in [2.75, 3.05) is 6.54 Å². The predicted octanol–water partition coefficient (Wildman–Crippen LogP) is 10.8. The van der Waals surface area contributed by atoms with Crippen LogP contribution in [0.15, 0.2) is 175 Å². The van der Waals surface area contributed by atoms with Gasteiger partial charge in [-0.2, -0.15) is 0 Å². The van der Waals surface area contributed by atoms with E-state index in [9.17, 15) is 0 Å². The fraction of sp³-hybridized carbons (Fsp3) is 0.160. The summed E-state index contributed by atoms with van der Waals surface area (Å²) < 4.78 is 4.89. The molecule has 6 aromatic carbocycles. The van der Waals surface area contributed by atoms with Crippen LogP contribution in [0.3, 0.4) is 0 Å². The minimum atomic E-state index is -0.0391. The number of nitrogens with zero attached hydrogens (tertiary/aromatic N) is 2. The lowest BCUT2D eigenvalue weighted by Crippen LogP contribution is -2.65. The van der Waals surface area contributed by atoms with Crippen molar-refractivity contribution in [1.82, 2.24) is 30.4 Å². The summed E-state index contributed by atoms with van der Waals surface area (Å²) in [4.78, 5) is 0. The van der Waals surface area contributed by atoms with Crippen molar-refractivity contribution in [1.29, 1.82) is 0 Å². The molecule has 0 spiro atoms. The van der Waals surface area contributed by atoms with E-state index in [-0.39, 0.29) is 18.5 Å². The lowest BCUT2D eigenvalue weighted by molar-refractivity contribution is 0.238. The van der Waals surface area contributed by atoms with Crippen molar-refractivity contribution < 1.29 is 0 Å². The minimum absolute atomic E-state index is 0.0315. The smallest absolute Gasteiger partial charge is 0.111 e. The molecule has 276 valence electrons. The molecule has 1 fully saturated rings. The topological polar surface area (TPSA) is 58.0 Å². The average Bonchev–Trinajstić information content (AvgIpc) is 3.81. The molecule has 56 heavy (non-hydrogen) atoms. The van der Waals surface area contributed by atoms with Gasteiger partial charge in [0.05, 0.1) is 40.6 Å². The number of rotatable bonds is 5. The summed E-state index contributed by atoms with van der Waals surface area (Å²) in [6.45, 7) is 4.70. The van der Waals surface area contributed by atoms with Gasteiger partial charge >= 0.3 is 0 Å². The van der Waals surface area contributed by atoms with Crippen molar-refractivity contribution in [3.05, 3.63) is 181 Å². The Morgan fingerprint density at radius 1 is 0.500 bits per heavy atom. The van der Waals surface area contributed by atoms with E-state index < -0.39 is 0 Å². The van der Waals surface area contributed by atoms with Gasteiger partial charge in [-0.05, 0) is 70.7 Å². The van der Waals surface area contributed by atoms with Gasteiger partial charge in [-0.25, -0.2) is 0 Å². The van der Waals surface area contributed by atoms with E-state index in [0.29, 0.717) is 6.54 Å². The summed E-state index contributed by atoms with van der Waals surface area (Å²) in [5.74, 6) is 1.07. The van der Waals surface area contributed by atoms with Crippen LogP contribution >= 0.6 is 0 Å². The molecular formula is C50H46N6. The zero-order chi connectivity index (χ0) is 37.6. The molecule has 6 nitrogen and oxygen atoms in total. The highest BCUT2D eigenvalue weighted by molar-refractivity contribution is 6.24. The van der Waals surface area contributed by atoms with Crippen molar-refractivity contribution in [2.24, 2.45) is 0 Å². The molecule has 4 heterocycles. The van der Waals surface area contributed by atoms with Gasteiger partial charge in [0.1, 0.15) is 5.82 Å². The molecule has 8 aromatic rings. The molecule has 3 aliphatic rings. The van der Waals surface area contributed by atoms with Gasteiger partial charge < -0.3 is 9.88 Å². The Balaban J connectivity index is 0.00000189. The Bertz CT molecular complexity index is 2880. The first-order valence-electron chi connectivity index (χ1n) is 20.1. The molecule has 4 N–H and O–H groups in total. The second kappa shape index (κ2) is 14.5. The number of nitrogens with one attached hydrogen (secondary N) is 4. The first-order chi connectivity index (χ1) is 27.8. The Labute approximate surface area is 327 Å². The molecule has 2 aliphatic heterocycles. The first kappa shape index (κ1) is 34.3. The maximum absolute atomic E-state index is 3.96. The van der Waals surface area contributed by atoms with Crippen LogP contribution in [0.4, 0.5) is 0 Å². The summed E-state index contributed by atoms with van der Waals surface area (Å²) in [6, 6.07) is 48.3. The van der Waals surface area contributed by atoms with E-state index in [2.05, 4.69) is 194 Å². The zero-order valence-electron chi connectivity index (χ0n) is 31.8. The lowest BCUT2D eigenvalue weighted by atomic mass is 9.97.